The number of aromatic nitrogens is 1. The van der Waals surface area contributed by atoms with Crippen LogP contribution >= 0.6 is 11.6 Å². The van der Waals surface area contributed by atoms with Crippen molar-refractivity contribution < 1.29 is 4.39 Å². The molecule has 126 valence electrons. The smallest absolute Gasteiger partial charge is 0.123 e. The summed E-state index contributed by atoms with van der Waals surface area (Å²) < 4.78 is 13.0. The Balaban J connectivity index is 1.76. The molecule has 0 aliphatic carbocycles. The summed E-state index contributed by atoms with van der Waals surface area (Å²) in [5, 5.41) is 1.82. The number of pyridine rings is 1. The second-order valence-corrected chi connectivity index (χ2v) is 6.74. The highest BCUT2D eigenvalue weighted by Crippen LogP contribution is 2.31. The zero-order valence-electron chi connectivity index (χ0n) is 13.8. The predicted molar refractivity (Wildman–Crippen MR) is 104 cm³/mol. The van der Waals surface area contributed by atoms with Crippen LogP contribution in [0.1, 0.15) is 24.1 Å². The average molecular weight is 353 g/mol. The van der Waals surface area contributed by atoms with Crippen molar-refractivity contribution in [3.8, 4) is 0 Å². The van der Waals surface area contributed by atoms with Gasteiger partial charge in [-0.2, -0.15) is 0 Å². The highest BCUT2D eigenvalue weighted by molar-refractivity contribution is 6.31. The van der Waals surface area contributed by atoms with Crippen molar-refractivity contribution in [3.63, 3.8) is 0 Å². The van der Waals surface area contributed by atoms with Gasteiger partial charge in [0.25, 0.3) is 0 Å². The molecule has 2 aromatic carbocycles. The van der Waals surface area contributed by atoms with Gasteiger partial charge in [0.15, 0.2) is 0 Å². The van der Waals surface area contributed by atoms with Crippen LogP contribution in [0.4, 0.5) is 10.1 Å². The Morgan fingerprint density at radius 3 is 2.48 bits per heavy atom. The number of rotatable bonds is 3. The lowest BCUT2D eigenvalue weighted by Crippen LogP contribution is -2.18. The van der Waals surface area contributed by atoms with Crippen molar-refractivity contribution >= 4 is 40.3 Å². The summed E-state index contributed by atoms with van der Waals surface area (Å²) in [4.78, 5) is 7.13. The minimum Gasteiger partial charge on any atom is -0.371 e. The van der Waals surface area contributed by atoms with E-state index in [1.165, 1.54) is 30.7 Å². The van der Waals surface area contributed by atoms with Gasteiger partial charge in [0.2, 0.25) is 0 Å². The van der Waals surface area contributed by atoms with Crippen LogP contribution in [-0.2, 0) is 0 Å². The van der Waals surface area contributed by atoms with Crippen LogP contribution < -0.4 is 4.90 Å². The SMILES string of the molecule is Fc1ccc(/C=C/c2cc(N3CCCC3)c3cc(Cl)ccc3n2)cc1. The Bertz CT molecular complexity index is 929. The second kappa shape index (κ2) is 6.85. The molecule has 0 unspecified atom stereocenters. The minimum absolute atomic E-state index is 0.228. The first-order valence-corrected chi connectivity index (χ1v) is 8.86. The van der Waals surface area contributed by atoms with Gasteiger partial charge in [0.05, 0.1) is 11.2 Å². The molecule has 2 heterocycles. The van der Waals surface area contributed by atoms with E-state index in [-0.39, 0.29) is 5.82 Å². The van der Waals surface area contributed by atoms with E-state index in [1.54, 1.807) is 12.1 Å². The third-order valence-electron chi connectivity index (χ3n) is 4.53. The Labute approximate surface area is 151 Å². The highest BCUT2D eigenvalue weighted by atomic mass is 35.5. The van der Waals surface area contributed by atoms with Crippen LogP contribution in [0, 0.1) is 5.82 Å². The maximum atomic E-state index is 13.0. The van der Waals surface area contributed by atoms with E-state index in [2.05, 4.69) is 11.0 Å². The molecule has 3 aromatic rings. The van der Waals surface area contributed by atoms with Crippen molar-refractivity contribution in [2.75, 3.05) is 18.0 Å². The van der Waals surface area contributed by atoms with Gasteiger partial charge in [-0.25, -0.2) is 9.37 Å². The Morgan fingerprint density at radius 1 is 0.960 bits per heavy atom. The quantitative estimate of drug-likeness (QED) is 0.592. The van der Waals surface area contributed by atoms with Gasteiger partial charge in [0.1, 0.15) is 5.82 Å². The molecule has 4 heteroatoms. The number of hydrogen-bond donors (Lipinski definition) is 0. The minimum atomic E-state index is -0.228. The van der Waals surface area contributed by atoms with E-state index in [0.29, 0.717) is 0 Å². The highest BCUT2D eigenvalue weighted by Gasteiger charge is 2.16. The Hall–Kier alpha value is -2.39. The lowest BCUT2D eigenvalue weighted by atomic mass is 10.1. The average Bonchev–Trinajstić information content (AvgIpc) is 3.15. The molecule has 0 spiro atoms. The van der Waals surface area contributed by atoms with Crippen molar-refractivity contribution in [1.29, 1.82) is 0 Å². The maximum absolute atomic E-state index is 13.0. The molecule has 0 atom stereocenters. The van der Waals surface area contributed by atoms with Gasteiger partial charge in [0, 0.05) is 29.2 Å². The van der Waals surface area contributed by atoms with Crippen molar-refractivity contribution in [1.82, 2.24) is 4.98 Å². The van der Waals surface area contributed by atoms with Gasteiger partial charge < -0.3 is 4.90 Å². The fourth-order valence-corrected chi connectivity index (χ4v) is 3.43. The summed E-state index contributed by atoms with van der Waals surface area (Å²) in [6.07, 6.45) is 6.36. The van der Waals surface area contributed by atoms with Crippen LogP contribution in [0.3, 0.4) is 0 Å². The third kappa shape index (κ3) is 3.52. The fraction of sp³-hybridized carbons (Fsp3) is 0.190. The first-order chi connectivity index (χ1) is 12.2. The van der Waals surface area contributed by atoms with Crippen molar-refractivity contribution in [2.24, 2.45) is 0 Å². The third-order valence-corrected chi connectivity index (χ3v) is 4.77. The zero-order chi connectivity index (χ0) is 17.2. The van der Waals surface area contributed by atoms with Gasteiger partial charge in [-0.15, -0.1) is 0 Å². The Kier molecular flexibility index (Phi) is 4.41. The number of halogens is 2. The molecule has 1 saturated heterocycles. The molecule has 25 heavy (non-hydrogen) atoms. The predicted octanol–water partition coefficient (Wildman–Crippen LogP) is 5.80. The van der Waals surface area contributed by atoms with E-state index >= 15 is 0 Å². The van der Waals surface area contributed by atoms with E-state index in [1.807, 2.05) is 30.4 Å². The molecule has 1 aliphatic rings. The summed E-state index contributed by atoms with van der Waals surface area (Å²) in [5.74, 6) is -0.228. The fourth-order valence-electron chi connectivity index (χ4n) is 3.26. The molecular weight excluding hydrogens is 335 g/mol. The lowest BCUT2D eigenvalue weighted by Gasteiger charge is -2.20. The van der Waals surface area contributed by atoms with E-state index < -0.39 is 0 Å². The normalized spacial score (nSPS) is 14.7. The van der Waals surface area contributed by atoms with E-state index in [0.717, 1.165) is 40.3 Å². The molecule has 2 nitrogen and oxygen atoms in total. The molecule has 0 radical (unpaired) electrons. The molecule has 1 aromatic heterocycles. The van der Waals surface area contributed by atoms with Gasteiger partial charge in [-0.05, 0) is 60.9 Å². The zero-order valence-corrected chi connectivity index (χ0v) is 14.5. The van der Waals surface area contributed by atoms with Crippen molar-refractivity contribution in [3.05, 3.63) is 70.6 Å². The topological polar surface area (TPSA) is 16.1 Å². The monoisotopic (exact) mass is 352 g/mol. The number of fused-ring (bicyclic) bond motifs is 1. The molecule has 0 saturated carbocycles. The summed E-state index contributed by atoms with van der Waals surface area (Å²) in [6.45, 7) is 2.12. The Morgan fingerprint density at radius 2 is 1.72 bits per heavy atom. The van der Waals surface area contributed by atoms with Crippen LogP contribution in [0.2, 0.25) is 5.02 Å². The first-order valence-electron chi connectivity index (χ1n) is 8.48. The second-order valence-electron chi connectivity index (χ2n) is 6.31. The van der Waals surface area contributed by atoms with Crippen LogP contribution in [0.15, 0.2) is 48.5 Å². The summed E-state index contributed by atoms with van der Waals surface area (Å²) in [7, 11) is 0. The number of anilines is 1. The van der Waals surface area contributed by atoms with Crippen molar-refractivity contribution in [2.45, 2.75) is 12.8 Å². The van der Waals surface area contributed by atoms with Gasteiger partial charge in [-0.1, -0.05) is 29.8 Å². The molecule has 4 rings (SSSR count). The largest absolute Gasteiger partial charge is 0.371 e. The summed E-state index contributed by atoms with van der Waals surface area (Å²) >= 11 is 6.20. The van der Waals surface area contributed by atoms with Crippen LogP contribution in [0.25, 0.3) is 23.1 Å². The number of nitrogens with zero attached hydrogens (tertiary/aromatic N) is 2. The summed E-state index contributed by atoms with van der Waals surface area (Å²) in [5.41, 5.74) is 3.96. The molecule has 0 N–H and O–H groups in total. The number of hydrogen-bond acceptors (Lipinski definition) is 2. The molecular formula is C21H18ClFN2. The lowest BCUT2D eigenvalue weighted by molar-refractivity contribution is 0.628. The molecule has 0 bridgehead atoms. The summed E-state index contributed by atoms with van der Waals surface area (Å²) in [6, 6.07) is 14.4. The number of benzene rings is 2. The van der Waals surface area contributed by atoms with Crippen LogP contribution in [0.5, 0.6) is 0 Å². The van der Waals surface area contributed by atoms with Crippen LogP contribution in [-0.4, -0.2) is 18.1 Å². The standard InChI is InChI=1S/C21H18ClFN2/c22-16-6-10-20-19(13-16)21(25-11-1-2-12-25)14-18(24-20)9-5-15-3-7-17(23)8-4-15/h3-10,13-14H,1-2,11-12H2/b9-5+. The first kappa shape index (κ1) is 16.1. The van der Waals surface area contributed by atoms with Gasteiger partial charge in [-0.3, -0.25) is 0 Å². The molecule has 0 amide bonds. The van der Waals surface area contributed by atoms with Gasteiger partial charge >= 0.3 is 0 Å². The van der Waals surface area contributed by atoms with E-state index in [9.17, 15) is 4.39 Å². The maximum Gasteiger partial charge on any atom is 0.123 e. The van der Waals surface area contributed by atoms with E-state index in [4.69, 9.17) is 16.6 Å². The molecule has 1 aliphatic heterocycles. The molecule has 1 fully saturated rings.